The Morgan fingerprint density at radius 3 is 2.50 bits per heavy atom. The zero-order valence-corrected chi connectivity index (χ0v) is 10.0. The van der Waals surface area contributed by atoms with Crippen molar-refractivity contribution in [1.29, 1.82) is 0 Å². The quantitative estimate of drug-likeness (QED) is 0.655. The van der Waals surface area contributed by atoms with E-state index in [-0.39, 0.29) is 5.60 Å². The molecule has 0 aliphatic heterocycles. The van der Waals surface area contributed by atoms with Crippen LogP contribution in [0.1, 0.15) is 40.0 Å². The molecule has 0 aromatic heterocycles. The van der Waals surface area contributed by atoms with Gasteiger partial charge in [0.05, 0.1) is 11.7 Å². The van der Waals surface area contributed by atoms with Gasteiger partial charge in [-0.1, -0.05) is 0 Å². The first-order valence-electron chi connectivity index (χ1n) is 5.38. The molecule has 0 aromatic carbocycles. The third-order valence-corrected chi connectivity index (χ3v) is 2.47. The second-order valence-corrected chi connectivity index (χ2v) is 4.33. The smallest absolute Gasteiger partial charge is 0.0644 e. The molecule has 0 saturated heterocycles. The van der Waals surface area contributed by atoms with E-state index in [1.54, 1.807) is 7.11 Å². The lowest BCUT2D eigenvalue weighted by Crippen LogP contribution is -2.25. The zero-order chi connectivity index (χ0) is 11.0. The summed E-state index contributed by atoms with van der Waals surface area (Å²) in [6.45, 7) is 7.74. The largest absolute Gasteiger partial charge is 0.379 e. The predicted octanol–water partition coefficient (Wildman–Crippen LogP) is 1.95. The summed E-state index contributed by atoms with van der Waals surface area (Å²) >= 11 is 0. The van der Waals surface area contributed by atoms with E-state index in [1.165, 1.54) is 0 Å². The molecule has 0 rings (SSSR count). The van der Waals surface area contributed by atoms with E-state index < -0.39 is 0 Å². The van der Waals surface area contributed by atoms with Gasteiger partial charge in [0.2, 0.25) is 0 Å². The maximum absolute atomic E-state index is 5.65. The lowest BCUT2D eigenvalue weighted by Gasteiger charge is -2.23. The van der Waals surface area contributed by atoms with Gasteiger partial charge in [-0.25, -0.2) is 0 Å². The number of methoxy groups -OCH3 is 1. The van der Waals surface area contributed by atoms with Crippen LogP contribution in [0.3, 0.4) is 0 Å². The van der Waals surface area contributed by atoms with E-state index in [4.69, 9.17) is 15.2 Å². The molecule has 0 amide bonds. The van der Waals surface area contributed by atoms with Crippen LogP contribution in [0.25, 0.3) is 0 Å². The fourth-order valence-electron chi connectivity index (χ4n) is 1.10. The first kappa shape index (κ1) is 13.9. The van der Waals surface area contributed by atoms with Gasteiger partial charge >= 0.3 is 0 Å². The predicted molar refractivity (Wildman–Crippen MR) is 59.4 cm³/mol. The van der Waals surface area contributed by atoms with Crippen molar-refractivity contribution in [3.05, 3.63) is 0 Å². The van der Waals surface area contributed by atoms with E-state index in [0.29, 0.717) is 6.10 Å². The molecule has 0 fully saturated rings. The van der Waals surface area contributed by atoms with Crippen molar-refractivity contribution in [3.8, 4) is 0 Å². The SMILES string of the molecule is COC(C)(C)CCOC(C)CCCN. The molecule has 0 aromatic rings. The topological polar surface area (TPSA) is 44.5 Å². The van der Waals surface area contributed by atoms with Crippen molar-refractivity contribution in [2.75, 3.05) is 20.3 Å². The van der Waals surface area contributed by atoms with E-state index in [0.717, 1.165) is 32.4 Å². The van der Waals surface area contributed by atoms with Crippen LogP contribution < -0.4 is 5.73 Å². The first-order chi connectivity index (χ1) is 6.52. The van der Waals surface area contributed by atoms with Crippen molar-refractivity contribution >= 4 is 0 Å². The van der Waals surface area contributed by atoms with E-state index in [9.17, 15) is 0 Å². The van der Waals surface area contributed by atoms with Gasteiger partial charge < -0.3 is 15.2 Å². The molecule has 3 heteroatoms. The van der Waals surface area contributed by atoms with Gasteiger partial charge in [-0.2, -0.15) is 0 Å². The van der Waals surface area contributed by atoms with Crippen LogP contribution in [0.2, 0.25) is 0 Å². The molecule has 0 bridgehead atoms. The molecule has 0 radical (unpaired) electrons. The summed E-state index contributed by atoms with van der Waals surface area (Å²) in [5.41, 5.74) is 5.34. The molecule has 0 heterocycles. The average Bonchev–Trinajstić information content (AvgIpc) is 2.14. The third kappa shape index (κ3) is 7.30. The summed E-state index contributed by atoms with van der Waals surface area (Å²) in [6.07, 6.45) is 3.32. The van der Waals surface area contributed by atoms with Crippen molar-refractivity contribution in [1.82, 2.24) is 0 Å². The lowest BCUT2D eigenvalue weighted by atomic mass is 10.1. The summed E-state index contributed by atoms with van der Waals surface area (Å²) in [5.74, 6) is 0. The Bertz CT molecular complexity index is 137. The Labute approximate surface area is 88.0 Å². The van der Waals surface area contributed by atoms with Crippen LogP contribution in [0, 0.1) is 0 Å². The van der Waals surface area contributed by atoms with Crippen molar-refractivity contribution < 1.29 is 9.47 Å². The summed E-state index contributed by atoms with van der Waals surface area (Å²) in [4.78, 5) is 0. The van der Waals surface area contributed by atoms with Crippen LogP contribution >= 0.6 is 0 Å². The second kappa shape index (κ2) is 7.21. The molecular weight excluding hydrogens is 178 g/mol. The number of rotatable bonds is 8. The minimum Gasteiger partial charge on any atom is -0.379 e. The van der Waals surface area contributed by atoms with Gasteiger partial charge in [-0.3, -0.25) is 0 Å². The minimum atomic E-state index is -0.0758. The molecule has 86 valence electrons. The highest BCUT2D eigenvalue weighted by Gasteiger charge is 2.16. The highest BCUT2D eigenvalue weighted by Crippen LogP contribution is 2.13. The molecule has 0 saturated carbocycles. The maximum Gasteiger partial charge on any atom is 0.0644 e. The first-order valence-corrected chi connectivity index (χ1v) is 5.38. The van der Waals surface area contributed by atoms with E-state index in [2.05, 4.69) is 20.8 Å². The molecule has 3 nitrogen and oxygen atoms in total. The summed E-state index contributed by atoms with van der Waals surface area (Å²) < 4.78 is 10.9. The molecule has 0 spiro atoms. The van der Waals surface area contributed by atoms with Gasteiger partial charge in [0.25, 0.3) is 0 Å². The van der Waals surface area contributed by atoms with Gasteiger partial charge in [-0.15, -0.1) is 0 Å². The van der Waals surface area contributed by atoms with E-state index in [1.807, 2.05) is 0 Å². The molecule has 2 N–H and O–H groups in total. The van der Waals surface area contributed by atoms with Crippen molar-refractivity contribution in [2.24, 2.45) is 5.73 Å². The Morgan fingerprint density at radius 2 is 2.00 bits per heavy atom. The van der Waals surface area contributed by atoms with E-state index >= 15 is 0 Å². The Hall–Kier alpha value is -0.120. The molecule has 0 aliphatic rings. The Balaban J connectivity index is 3.43. The monoisotopic (exact) mass is 203 g/mol. The number of hydrogen-bond acceptors (Lipinski definition) is 3. The van der Waals surface area contributed by atoms with Crippen LogP contribution in [0.4, 0.5) is 0 Å². The Kier molecular flexibility index (Phi) is 7.15. The van der Waals surface area contributed by atoms with Crippen LogP contribution in [-0.4, -0.2) is 32.0 Å². The highest BCUT2D eigenvalue weighted by molar-refractivity contribution is 4.67. The summed E-state index contributed by atoms with van der Waals surface area (Å²) in [7, 11) is 1.73. The van der Waals surface area contributed by atoms with Crippen LogP contribution in [0.5, 0.6) is 0 Å². The normalized spacial score (nSPS) is 14.4. The summed E-state index contributed by atoms with van der Waals surface area (Å²) in [5, 5.41) is 0. The number of hydrogen-bond donors (Lipinski definition) is 1. The van der Waals surface area contributed by atoms with Gasteiger partial charge in [-0.05, 0) is 46.6 Å². The van der Waals surface area contributed by atoms with Crippen molar-refractivity contribution in [2.45, 2.75) is 51.7 Å². The number of ether oxygens (including phenoxy) is 2. The highest BCUT2D eigenvalue weighted by atomic mass is 16.5. The molecule has 1 unspecified atom stereocenters. The van der Waals surface area contributed by atoms with Gasteiger partial charge in [0.1, 0.15) is 0 Å². The van der Waals surface area contributed by atoms with Gasteiger partial charge in [0.15, 0.2) is 0 Å². The molecule has 0 aliphatic carbocycles. The Morgan fingerprint density at radius 1 is 1.36 bits per heavy atom. The average molecular weight is 203 g/mol. The maximum atomic E-state index is 5.65. The van der Waals surface area contributed by atoms with Gasteiger partial charge in [0, 0.05) is 13.7 Å². The minimum absolute atomic E-state index is 0.0758. The van der Waals surface area contributed by atoms with Crippen LogP contribution in [-0.2, 0) is 9.47 Å². The molecular formula is C11H25NO2. The molecule has 1 atom stereocenters. The number of nitrogens with two attached hydrogens (primary N) is 1. The third-order valence-electron chi connectivity index (χ3n) is 2.47. The molecule has 14 heavy (non-hydrogen) atoms. The standard InChI is InChI=1S/C11H25NO2/c1-10(6-5-8-12)14-9-7-11(2,3)13-4/h10H,5-9,12H2,1-4H3. The van der Waals surface area contributed by atoms with Crippen LogP contribution in [0.15, 0.2) is 0 Å². The summed E-state index contributed by atoms with van der Waals surface area (Å²) in [6, 6.07) is 0. The zero-order valence-electron chi connectivity index (χ0n) is 10.0. The fraction of sp³-hybridized carbons (Fsp3) is 1.00. The second-order valence-electron chi connectivity index (χ2n) is 4.33. The van der Waals surface area contributed by atoms with Crippen molar-refractivity contribution in [3.63, 3.8) is 0 Å². The lowest BCUT2D eigenvalue weighted by molar-refractivity contribution is -0.0247. The fourth-order valence-corrected chi connectivity index (χ4v) is 1.10.